The van der Waals surface area contributed by atoms with Gasteiger partial charge < -0.3 is 5.73 Å². The van der Waals surface area contributed by atoms with E-state index in [4.69, 9.17) is 5.73 Å². The largest absolute Gasteiger partial charge is 0.326 e. The van der Waals surface area contributed by atoms with Crippen molar-refractivity contribution in [3.05, 3.63) is 35.4 Å². The van der Waals surface area contributed by atoms with Gasteiger partial charge in [0.15, 0.2) is 0 Å². The summed E-state index contributed by atoms with van der Waals surface area (Å²) in [5.74, 6) is 0.00731. The van der Waals surface area contributed by atoms with Crippen molar-refractivity contribution in [3.8, 4) is 0 Å². The number of sulfonamides is 1. The Balaban J connectivity index is 3.00. The Kier molecular flexibility index (Phi) is 3.84. The summed E-state index contributed by atoms with van der Waals surface area (Å²) in [5.41, 5.74) is 7.19. The molecule has 0 spiro atoms. The lowest BCUT2D eigenvalue weighted by Crippen LogP contribution is -2.24. The predicted octanol–water partition coefficient (Wildman–Crippen LogP) is 0.537. The van der Waals surface area contributed by atoms with Crippen molar-refractivity contribution in [3.63, 3.8) is 0 Å². The Bertz CT molecular complexity index is 427. The molecule has 4 nitrogen and oxygen atoms in total. The van der Waals surface area contributed by atoms with E-state index in [1.54, 1.807) is 6.07 Å². The summed E-state index contributed by atoms with van der Waals surface area (Å²) in [6.07, 6.45) is 0. The highest BCUT2D eigenvalue weighted by Gasteiger charge is 2.15. The Morgan fingerprint density at radius 3 is 2.20 bits per heavy atom. The van der Waals surface area contributed by atoms with Gasteiger partial charge in [0.25, 0.3) is 0 Å². The molecule has 0 atom stereocenters. The minimum absolute atomic E-state index is 0.00731. The summed E-state index contributed by atoms with van der Waals surface area (Å²) < 4.78 is 24.5. The predicted molar refractivity (Wildman–Crippen MR) is 60.6 cm³/mol. The van der Waals surface area contributed by atoms with Crippen LogP contribution < -0.4 is 5.73 Å². The van der Waals surface area contributed by atoms with Gasteiger partial charge in [-0.2, -0.15) is 0 Å². The van der Waals surface area contributed by atoms with Crippen LogP contribution in [0.4, 0.5) is 0 Å². The summed E-state index contributed by atoms with van der Waals surface area (Å²) in [7, 11) is -0.150. The van der Waals surface area contributed by atoms with Crippen LogP contribution in [0.15, 0.2) is 24.3 Å². The molecule has 1 aromatic rings. The molecule has 0 bridgehead atoms. The van der Waals surface area contributed by atoms with Crippen LogP contribution in [0.1, 0.15) is 11.1 Å². The molecule has 0 saturated heterocycles. The second-order valence-electron chi connectivity index (χ2n) is 3.51. The fourth-order valence-electron chi connectivity index (χ4n) is 1.22. The molecular formula is C10H16N2O2S. The van der Waals surface area contributed by atoms with E-state index in [-0.39, 0.29) is 5.75 Å². The minimum atomic E-state index is -3.21. The maximum absolute atomic E-state index is 11.7. The number of hydrogen-bond donors (Lipinski definition) is 1. The fourth-order valence-corrected chi connectivity index (χ4v) is 2.16. The van der Waals surface area contributed by atoms with E-state index in [9.17, 15) is 8.42 Å². The van der Waals surface area contributed by atoms with Gasteiger partial charge in [-0.3, -0.25) is 0 Å². The molecule has 0 amide bonds. The first-order valence-corrected chi connectivity index (χ1v) is 6.25. The molecule has 1 aromatic carbocycles. The summed E-state index contributed by atoms with van der Waals surface area (Å²) >= 11 is 0. The molecule has 15 heavy (non-hydrogen) atoms. The Morgan fingerprint density at radius 1 is 1.20 bits per heavy atom. The molecule has 0 saturated carbocycles. The highest BCUT2D eigenvalue weighted by molar-refractivity contribution is 7.88. The smallest absolute Gasteiger partial charge is 0.217 e. The Morgan fingerprint density at radius 2 is 1.73 bits per heavy atom. The molecule has 0 aliphatic carbocycles. The third-order valence-corrected chi connectivity index (χ3v) is 4.02. The maximum atomic E-state index is 11.7. The van der Waals surface area contributed by atoms with Gasteiger partial charge in [-0.25, -0.2) is 12.7 Å². The van der Waals surface area contributed by atoms with Crippen LogP contribution in [0.5, 0.6) is 0 Å². The third kappa shape index (κ3) is 3.02. The summed E-state index contributed by atoms with van der Waals surface area (Å²) in [5, 5.41) is 0. The molecule has 84 valence electrons. The molecular weight excluding hydrogens is 212 g/mol. The SMILES string of the molecule is CN(C)S(=O)(=O)Cc1ccccc1CN. The first-order valence-electron chi connectivity index (χ1n) is 4.64. The zero-order valence-electron chi connectivity index (χ0n) is 8.97. The van der Waals surface area contributed by atoms with E-state index < -0.39 is 10.0 Å². The number of hydrogen-bond acceptors (Lipinski definition) is 3. The van der Waals surface area contributed by atoms with Crippen LogP contribution in [0.25, 0.3) is 0 Å². The number of benzene rings is 1. The lowest BCUT2D eigenvalue weighted by atomic mass is 10.1. The van der Waals surface area contributed by atoms with Gasteiger partial charge in [0.1, 0.15) is 0 Å². The Hall–Kier alpha value is -0.910. The molecule has 2 N–H and O–H groups in total. The van der Waals surface area contributed by atoms with Gasteiger partial charge in [0.2, 0.25) is 10.0 Å². The van der Waals surface area contributed by atoms with E-state index in [0.717, 1.165) is 11.1 Å². The van der Waals surface area contributed by atoms with Crippen molar-refractivity contribution in [1.82, 2.24) is 4.31 Å². The van der Waals surface area contributed by atoms with Gasteiger partial charge in [-0.1, -0.05) is 24.3 Å². The maximum Gasteiger partial charge on any atom is 0.217 e. The van der Waals surface area contributed by atoms with Gasteiger partial charge in [-0.15, -0.1) is 0 Å². The highest BCUT2D eigenvalue weighted by atomic mass is 32.2. The molecule has 5 heteroatoms. The van der Waals surface area contributed by atoms with Crippen molar-refractivity contribution in [1.29, 1.82) is 0 Å². The monoisotopic (exact) mass is 228 g/mol. The standard InChI is InChI=1S/C10H16N2O2S/c1-12(2)15(13,14)8-10-6-4-3-5-9(10)7-11/h3-6H,7-8,11H2,1-2H3. The van der Waals surface area contributed by atoms with E-state index in [1.165, 1.54) is 18.4 Å². The number of rotatable bonds is 4. The minimum Gasteiger partial charge on any atom is -0.326 e. The quantitative estimate of drug-likeness (QED) is 0.818. The molecule has 0 aliphatic heterocycles. The first kappa shape index (κ1) is 12.2. The van der Waals surface area contributed by atoms with Crippen LogP contribution in [0.2, 0.25) is 0 Å². The van der Waals surface area contributed by atoms with Gasteiger partial charge in [-0.05, 0) is 11.1 Å². The van der Waals surface area contributed by atoms with Crippen molar-refractivity contribution < 1.29 is 8.42 Å². The zero-order valence-corrected chi connectivity index (χ0v) is 9.79. The van der Waals surface area contributed by atoms with Crippen LogP contribution in [-0.4, -0.2) is 26.8 Å². The third-order valence-electron chi connectivity index (χ3n) is 2.23. The lowest BCUT2D eigenvalue weighted by molar-refractivity contribution is 0.519. The second-order valence-corrected chi connectivity index (χ2v) is 5.69. The molecule has 1 rings (SSSR count). The Labute approximate surface area is 90.8 Å². The lowest BCUT2D eigenvalue weighted by Gasteiger charge is -2.13. The zero-order chi connectivity index (χ0) is 11.5. The van der Waals surface area contributed by atoms with Gasteiger partial charge in [0, 0.05) is 20.6 Å². The normalized spacial score (nSPS) is 12.0. The number of nitrogens with zero attached hydrogens (tertiary/aromatic N) is 1. The second kappa shape index (κ2) is 4.74. The van der Waals surface area contributed by atoms with Gasteiger partial charge >= 0.3 is 0 Å². The molecule has 0 heterocycles. The molecule has 0 fully saturated rings. The van der Waals surface area contributed by atoms with Crippen LogP contribution in [0, 0.1) is 0 Å². The van der Waals surface area contributed by atoms with Crippen molar-refractivity contribution in [2.75, 3.05) is 14.1 Å². The average Bonchev–Trinajstić information content (AvgIpc) is 2.18. The topological polar surface area (TPSA) is 63.4 Å². The van der Waals surface area contributed by atoms with E-state index in [1.807, 2.05) is 18.2 Å². The van der Waals surface area contributed by atoms with Crippen LogP contribution in [-0.2, 0) is 22.3 Å². The van der Waals surface area contributed by atoms with E-state index in [2.05, 4.69) is 0 Å². The summed E-state index contributed by atoms with van der Waals surface area (Å²) in [6.45, 7) is 0.360. The number of nitrogens with two attached hydrogens (primary N) is 1. The fraction of sp³-hybridized carbons (Fsp3) is 0.400. The van der Waals surface area contributed by atoms with Gasteiger partial charge in [0.05, 0.1) is 5.75 Å². The molecule has 0 unspecified atom stereocenters. The first-order chi connectivity index (χ1) is 6.97. The average molecular weight is 228 g/mol. The van der Waals surface area contributed by atoms with Crippen molar-refractivity contribution in [2.45, 2.75) is 12.3 Å². The van der Waals surface area contributed by atoms with Crippen molar-refractivity contribution in [2.24, 2.45) is 5.73 Å². The highest BCUT2D eigenvalue weighted by Crippen LogP contribution is 2.13. The molecule has 0 aliphatic rings. The summed E-state index contributed by atoms with van der Waals surface area (Å²) in [6, 6.07) is 7.32. The van der Waals surface area contributed by atoms with E-state index in [0.29, 0.717) is 6.54 Å². The van der Waals surface area contributed by atoms with E-state index >= 15 is 0 Å². The summed E-state index contributed by atoms with van der Waals surface area (Å²) in [4.78, 5) is 0. The van der Waals surface area contributed by atoms with Crippen LogP contribution >= 0.6 is 0 Å². The van der Waals surface area contributed by atoms with Crippen molar-refractivity contribution >= 4 is 10.0 Å². The molecule has 0 radical (unpaired) electrons. The van der Waals surface area contributed by atoms with Crippen LogP contribution in [0.3, 0.4) is 0 Å². The molecule has 0 aromatic heterocycles.